The number of aromatic nitrogens is 1. The molecule has 1 heterocycles. The zero-order valence-electron chi connectivity index (χ0n) is 14.2. The average Bonchev–Trinajstić information content (AvgIpc) is 2.62. The number of hydrogen-bond acceptors (Lipinski definition) is 3. The van der Waals surface area contributed by atoms with Gasteiger partial charge in [0.25, 0.3) is 5.91 Å². The Balaban J connectivity index is 1.83. The maximum Gasteiger partial charge on any atom is 0.274 e. The number of para-hydroxylation sites is 2. The Morgan fingerprint density at radius 1 is 1.00 bits per heavy atom. The fourth-order valence-corrected chi connectivity index (χ4v) is 2.53. The first-order chi connectivity index (χ1) is 12.0. The monoisotopic (exact) mass is 333 g/mol. The largest absolute Gasteiger partial charge is 0.342 e. The van der Waals surface area contributed by atoms with Gasteiger partial charge in [0, 0.05) is 31.6 Å². The molecule has 1 N–H and O–H groups in total. The van der Waals surface area contributed by atoms with Crippen LogP contribution >= 0.6 is 0 Å². The molecular weight excluding hydrogens is 314 g/mol. The minimum Gasteiger partial charge on any atom is -0.342 e. The van der Waals surface area contributed by atoms with Gasteiger partial charge in [-0.25, -0.2) is 4.98 Å². The number of benzene rings is 2. The summed E-state index contributed by atoms with van der Waals surface area (Å²) < 4.78 is 0. The molecule has 1 aromatic heterocycles. The van der Waals surface area contributed by atoms with E-state index >= 15 is 0 Å². The number of nitrogens with zero attached hydrogens (tertiary/aromatic N) is 2. The maximum absolute atomic E-state index is 12.6. The van der Waals surface area contributed by atoms with Crippen molar-refractivity contribution in [1.29, 1.82) is 0 Å². The molecule has 0 aliphatic rings. The van der Waals surface area contributed by atoms with Crippen molar-refractivity contribution in [2.24, 2.45) is 0 Å². The molecule has 126 valence electrons. The summed E-state index contributed by atoms with van der Waals surface area (Å²) in [6, 6.07) is 18.7. The Kier molecular flexibility index (Phi) is 4.75. The summed E-state index contributed by atoms with van der Waals surface area (Å²) >= 11 is 0. The molecule has 0 bridgehead atoms. The number of hydrogen-bond donors (Lipinski definition) is 1. The molecule has 2 aromatic carbocycles. The van der Waals surface area contributed by atoms with Gasteiger partial charge in [0.15, 0.2) is 0 Å². The standard InChI is InChI=1S/C20H19N3O2/c1-14(24)23(2)13-16-8-4-6-10-18(16)22-20(25)19-12-11-15-7-3-5-9-17(15)21-19/h3-12H,13H2,1-2H3,(H,22,25). The van der Waals surface area contributed by atoms with Gasteiger partial charge in [0.05, 0.1) is 5.52 Å². The minimum atomic E-state index is -0.274. The molecule has 0 spiro atoms. The number of carbonyl (C=O) groups is 2. The molecule has 5 nitrogen and oxygen atoms in total. The van der Waals surface area contributed by atoms with Crippen LogP contribution in [0.1, 0.15) is 23.0 Å². The van der Waals surface area contributed by atoms with Gasteiger partial charge in [0.2, 0.25) is 5.91 Å². The summed E-state index contributed by atoms with van der Waals surface area (Å²) in [7, 11) is 1.73. The van der Waals surface area contributed by atoms with Crippen molar-refractivity contribution in [2.45, 2.75) is 13.5 Å². The molecule has 3 rings (SSSR count). The summed E-state index contributed by atoms with van der Waals surface area (Å²) in [5, 5.41) is 3.88. The van der Waals surface area contributed by atoms with Crippen LogP contribution in [0.2, 0.25) is 0 Å². The quantitative estimate of drug-likeness (QED) is 0.795. The number of pyridine rings is 1. The van der Waals surface area contributed by atoms with Gasteiger partial charge in [0.1, 0.15) is 5.69 Å². The SMILES string of the molecule is CC(=O)N(C)Cc1ccccc1NC(=O)c1ccc2ccccc2n1. The van der Waals surface area contributed by atoms with Crippen LogP contribution in [0.3, 0.4) is 0 Å². The van der Waals surface area contributed by atoms with Crippen molar-refractivity contribution in [2.75, 3.05) is 12.4 Å². The molecule has 5 heteroatoms. The van der Waals surface area contributed by atoms with E-state index in [0.29, 0.717) is 17.9 Å². The number of nitrogens with one attached hydrogen (secondary N) is 1. The van der Waals surface area contributed by atoms with Crippen LogP contribution in [0.15, 0.2) is 60.7 Å². The van der Waals surface area contributed by atoms with Crippen LogP contribution < -0.4 is 5.32 Å². The molecule has 25 heavy (non-hydrogen) atoms. The maximum atomic E-state index is 12.6. The summed E-state index contributed by atoms with van der Waals surface area (Å²) in [5.74, 6) is -0.305. The van der Waals surface area contributed by atoms with E-state index in [9.17, 15) is 9.59 Å². The Morgan fingerprint density at radius 2 is 1.72 bits per heavy atom. The summed E-state index contributed by atoms with van der Waals surface area (Å²) in [5.41, 5.74) is 2.68. The lowest BCUT2D eigenvalue weighted by Crippen LogP contribution is -2.24. The van der Waals surface area contributed by atoms with Crippen LogP contribution in [-0.2, 0) is 11.3 Å². The number of anilines is 1. The molecule has 0 radical (unpaired) electrons. The minimum absolute atomic E-state index is 0.0303. The van der Waals surface area contributed by atoms with Gasteiger partial charge in [-0.15, -0.1) is 0 Å². The molecular formula is C20H19N3O2. The van der Waals surface area contributed by atoms with Crippen molar-refractivity contribution < 1.29 is 9.59 Å². The van der Waals surface area contributed by atoms with Gasteiger partial charge >= 0.3 is 0 Å². The smallest absolute Gasteiger partial charge is 0.274 e. The predicted octanol–water partition coefficient (Wildman–Crippen LogP) is 3.47. The van der Waals surface area contributed by atoms with E-state index in [2.05, 4.69) is 10.3 Å². The first-order valence-electron chi connectivity index (χ1n) is 8.01. The van der Waals surface area contributed by atoms with Gasteiger partial charge < -0.3 is 10.2 Å². The highest BCUT2D eigenvalue weighted by atomic mass is 16.2. The topological polar surface area (TPSA) is 62.3 Å². The Hall–Kier alpha value is -3.21. The van der Waals surface area contributed by atoms with Crippen molar-refractivity contribution in [3.05, 3.63) is 71.9 Å². The van der Waals surface area contributed by atoms with E-state index in [0.717, 1.165) is 16.5 Å². The first kappa shape index (κ1) is 16.6. The summed E-state index contributed by atoms with van der Waals surface area (Å²) in [6.45, 7) is 1.94. The molecule has 0 fully saturated rings. The van der Waals surface area contributed by atoms with Crippen LogP contribution in [0.4, 0.5) is 5.69 Å². The van der Waals surface area contributed by atoms with E-state index in [-0.39, 0.29) is 11.8 Å². The van der Waals surface area contributed by atoms with E-state index in [1.807, 2.05) is 54.6 Å². The third kappa shape index (κ3) is 3.83. The number of rotatable bonds is 4. The molecule has 0 atom stereocenters. The lowest BCUT2D eigenvalue weighted by molar-refractivity contribution is -0.128. The van der Waals surface area contributed by atoms with Gasteiger partial charge in [-0.05, 0) is 23.8 Å². The molecule has 0 saturated heterocycles. The van der Waals surface area contributed by atoms with E-state index in [4.69, 9.17) is 0 Å². The third-order valence-corrected chi connectivity index (χ3v) is 4.04. The second-order valence-electron chi connectivity index (χ2n) is 5.88. The Labute approximate surface area is 146 Å². The van der Waals surface area contributed by atoms with Crippen molar-refractivity contribution in [3.63, 3.8) is 0 Å². The lowest BCUT2D eigenvalue weighted by Gasteiger charge is -2.17. The molecule has 0 aliphatic carbocycles. The fraction of sp³-hybridized carbons (Fsp3) is 0.150. The average molecular weight is 333 g/mol. The molecule has 0 unspecified atom stereocenters. The van der Waals surface area contributed by atoms with E-state index in [1.165, 1.54) is 6.92 Å². The molecule has 3 aromatic rings. The highest BCUT2D eigenvalue weighted by Gasteiger charge is 2.12. The number of carbonyl (C=O) groups excluding carboxylic acids is 2. The van der Waals surface area contributed by atoms with Gasteiger partial charge in [-0.2, -0.15) is 0 Å². The van der Waals surface area contributed by atoms with Crippen molar-refractivity contribution >= 4 is 28.4 Å². The molecule has 0 saturated carbocycles. The van der Waals surface area contributed by atoms with Gasteiger partial charge in [-0.3, -0.25) is 9.59 Å². The Bertz CT molecular complexity index is 937. The van der Waals surface area contributed by atoms with Gasteiger partial charge in [-0.1, -0.05) is 42.5 Å². The normalized spacial score (nSPS) is 10.5. The lowest BCUT2D eigenvalue weighted by atomic mass is 10.1. The fourth-order valence-electron chi connectivity index (χ4n) is 2.53. The Morgan fingerprint density at radius 3 is 2.52 bits per heavy atom. The number of fused-ring (bicyclic) bond motifs is 1. The van der Waals surface area contributed by atoms with Crippen molar-refractivity contribution in [3.8, 4) is 0 Å². The van der Waals surface area contributed by atoms with Crippen LogP contribution in [0, 0.1) is 0 Å². The van der Waals surface area contributed by atoms with Crippen LogP contribution in [0.5, 0.6) is 0 Å². The second-order valence-corrected chi connectivity index (χ2v) is 5.88. The third-order valence-electron chi connectivity index (χ3n) is 4.04. The highest BCUT2D eigenvalue weighted by molar-refractivity contribution is 6.04. The summed E-state index contributed by atoms with van der Waals surface area (Å²) in [6.07, 6.45) is 0. The first-order valence-corrected chi connectivity index (χ1v) is 8.01. The van der Waals surface area contributed by atoms with Crippen LogP contribution in [0.25, 0.3) is 10.9 Å². The zero-order chi connectivity index (χ0) is 17.8. The molecule has 2 amide bonds. The number of amides is 2. The molecule has 0 aliphatic heterocycles. The zero-order valence-corrected chi connectivity index (χ0v) is 14.2. The predicted molar refractivity (Wildman–Crippen MR) is 98.3 cm³/mol. The van der Waals surface area contributed by atoms with Crippen molar-refractivity contribution in [1.82, 2.24) is 9.88 Å². The van der Waals surface area contributed by atoms with E-state index < -0.39 is 0 Å². The van der Waals surface area contributed by atoms with Crippen LogP contribution in [-0.4, -0.2) is 28.7 Å². The van der Waals surface area contributed by atoms with E-state index in [1.54, 1.807) is 18.0 Å². The second kappa shape index (κ2) is 7.13. The summed E-state index contributed by atoms with van der Waals surface area (Å²) in [4.78, 5) is 30.0. The highest BCUT2D eigenvalue weighted by Crippen LogP contribution is 2.18.